The molecule has 0 aliphatic heterocycles. The van der Waals surface area contributed by atoms with Crippen molar-refractivity contribution < 1.29 is 28.8 Å². The van der Waals surface area contributed by atoms with Crippen molar-refractivity contribution in [2.24, 2.45) is 0 Å². The van der Waals surface area contributed by atoms with E-state index in [0.717, 1.165) is 132 Å². The van der Waals surface area contributed by atoms with E-state index in [4.69, 9.17) is 0 Å². The summed E-state index contributed by atoms with van der Waals surface area (Å²) >= 11 is 32.3. The average Bonchev–Trinajstić information content (AvgIpc) is 1.54. The summed E-state index contributed by atoms with van der Waals surface area (Å²) < 4.78 is 9.75. The molecule has 12 aromatic rings. The SMILES string of the molecule is Brc1ccc2c(c1)-c1cc(Br)ccc1C21c2ccccc2CCc2ccccc21.Brc1ccccc1CCc1ccccc1Br.O=C1c2ccc(Br)cc2-c2cc(Br)ccc21.OC1(c2ccccc2CCc2ccccc2Br)c2ccc(Br)cc2-c2cc(Br)ccc21.[CH2-]CCC.[Li+]. The predicted molar refractivity (Wildman–Crippen MR) is 431 cm³/mol. The summed E-state index contributed by atoms with van der Waals surface area (Å²) in [7, 11) is 0. The van der Waals surface area contributed by atoms with Gasteiger partial charge in [-0.25, -0.2) is 0 Å². The van der Waals surface area contributed by atoms with Crippen LogP contribution < -0.4 is 18.9 Å². The van der Waals surface area contributed by atoms with Crippen molar-refractivity contribution in [3.8, 4) is 33.4 Å². The van der Waals surface area contributed by atoms with Crippen LogP contribution in [0.5, 0.6) is 0 Å². The van der Waals surface area contributed by atoms with Crippen molar-refractivity contribution >= 4 is 149 Å². The second-order valence-corrected chi connectivity index (χ2v) is 32.1. The van der Waals surface area contributed by atoms with Gasteiger partial charge in [0.2, 0.25) is 0 Å². The van der Waals surface area contributed by atoms with Crippen LogP contribution in [0.2, 0.25) is 0 Å². The minimum Gasteiger partial charge on any atom is -0.376 e. The molecule has 0 bridgehead atoms. The fourth-order valence-corrected chi connectivity index (χ4v) is 17.4. The number of ketones is 1. The van der Waals surface area contributed by atoms with E-state index in [-0.39, 0.29) is 30.1 Å². The Kier molecular flexibility index (Phi) is 24.9. The van der Waals surface area contributed by atoms with Gasteiger partial charge in [-0.1, -0.05) is 308 Å². The zero-order valence-corrected chi connectivity index (χ0v) is 67.6. The number of rotatable bonds is 8. The molecule has 16 rings (SSSR count). The molecule has 0 heterocycles. The Labute approximate surface area is 658 Å². The third-order valence-electron chi connectivity index (χ3n) is 18.3. The van der Waals surface area contributed by atoms with Crippen LogP contribution in [-0.4, -0.2) is 10.9 Å². The number of aliphatic hydroxyl groups is 1. The van der Waals surface area contributed by atoms with Gasteiger partial charge in [0.05, 0.1) is 5.41 Å². The number of benzene rings is 12. The molecule has 0 fully saturated rings. The van der Waals surface area contributed by atoms with Crippen LogP contribution in [0.25, 0.3) is 33.4 Å². The first kappa shape index (κ1) is 73.4. The van der Waals surface area contributed by atoms with E-state index in [0.29, 0.717) is 0 Å². The largest absolute Gasteiger partial charge is 1.00 e. The number of carbonyl (C=O) groups excluding carboxylic acids is 1. The van der Waals surface area contributed by atoms with E-state index in [1.807, 2.05) is 84.9 Å². The van der Waals surface area contributed by atoms with Crippen molar-refractivity contribution in [3.05, 3.63) is 385 Å². The molecule has 0 saturated carbocycles. The molecular weight excluding hydrogens is 1780 g/mol. The van der Waals surface area contributed by atoms with Crippen LogP contribution in [0.15, 0.2) is 295 Å². The molecule has 0 aromatic heterocycles. The maximum Gasteiger partial charge on any atom is 1.00 e. The van der Waals surface area contributed by atoms with E-state index in [2.05, 4.69) is 327 Å². The zero-order chi connectivity index (χ0) is 67.3. The topological polar surface area (TPSA) is 37.3 Å². The molecule has 4 aliphatic rings. The summed E-state index contributed by atoms with van der Waals surface area (Å²) in [4.78, 5) is 12.1. The molecule has 480 valence electrons. The Hall–Kier alpha value is -4.81. The van der Waals surface area contributed by atoms with E-state index in [9.17, 15) is 9.90 Å². The van der Waals surface area contributed by atoms with Gasteiger partial charge in [-0.2, -0.15) is 6.42 Å². The molecule has 12 aromatic carbocycles. The first-order chi connectivity index (χ1) is 46.5. The maximum absolute atomic E-state index is 12.3. The molecule has 0 amide bonds. The summed E-state index contributed by atoms with van der Waals surface area (Å²) in [6.07, 6.45) is 8.29. The van der Waals surface area contributed by atoms with Crippen LogP contribution in [0.3, 0.4) is 0 Å². The summed E-state index contributed by atoms with van der Waals surface area (Å²) in [6.45, 7) is 5.72. The van der Waals surface area contributed by atoms with Crippen LogP contribution in [0.4, 0.5) is 0 Å². The second-order valence-electron chi connectivity index (χ2n) is 24.0. The van der Waals surface area contributed by atoms with E-state index >= 15 is 0 Å². The van der Waals surface area contributed by atoms with Crippen molar-refractivity contribution in [2.75, 3.05) is 0 Å². The molecule has 12 heteroatoms. The fraction of sp³-hybridized carbons (Fsp3) is 0.129. The number of halogens is 9. The third kappa shape index (κ3) is 15.4. The van der Waals surface area contributed by atoms with Crippen molar-refractivity contribution in [1.82, 2.24) is 0 Å². The summed E-state index contributed by atoms with van der Waals surface area (Å²) in [5, 5.41) is 12.3. The first-order valence-electron chi connectivity index (χ1n) is 31.8. The minimum atomic E-state index is -1.18. The van der Waals surface area contributed by atoms with Gasteiger partial charge in [-0.05, 0) is 236 Å². The van der Waals surface area contributed by atoms with E-state index < -0.39 is 5.60 Å². The number of aryl methyl sites for hydroxylation is 6. The van der Waals surface area contributed by atoms with Crippen molar-refractivity contribution in [1.29, 1.82) is 0 Å². The van der Waals surface area contributed by atoms with Crippen molar-refractivity contribution in [3.63, 3.8) is 0 Å². The molecule has 2 nitrogen and oxygen atoms in total. The summed E-state index contributed by atoms with van der Waals surface area (Å²) in [5.74, 6) is 0.116. The normalized spacial score (nSPS) is 13.0. The monoisotopic (exact) mass is 1830 g/mol. The van der Waals surface area contributed by atoms with Crippen LogP contribution in [-0.2, 0) is 49.5 Å². The van der Waals surface area contributed by atoms with Gasteiger partial charge in [0.1, 0.15) is 5.60 Å². The van der Waals surface area contributed by atoms with Gasteiger partial charge >= 0.3 is 18.9 Å². The van der Waals surface area contributed by atoms with Crippen LogP contribution >= 0.6 is 143 Å². The molecule has 4 aliphatic carbocycles. The Balaban J connectivity index is 0.000000133. The Bertz CT molecular complexity index is 4630. The smallest absolute Gasteiger partial charge is 0.376 e. The zero-order valence-electron chi connectivity index (χ0n) is 53.4. The standard InChI is InChI=1S/C27H19Br3O.C27H18Br2.C14H12Br2.C13H6Br2O.C4H9.Li/c28-19-11-13-24-21(15-19)22-16-20(29)12-14-25(22)27(24,31)23-7-3-1-5-17(23)9-10-18-6-2-4-8-26(18)30;28-19-11-13-25-21(15-19)22-16-20(29)12-14-26(22)27(25)23-7-3-1-5-17(23)9-10-18-6-2-4-8-24(18)27;15-13-7-3-1-5-11(13)9-10-12-6-2-4-8-14(12)16;14-7-1-3-9-11(5-7)12-6-8(15)2-4-10(12)13(9)16;1-3-4-2;/h1-8,11-16,31H,9-10H2;1-8,11-16H,9-10H2;1-8H,9-10H2;1-6H;1,3-4H2,2H3;/q;;;;-1;+1. The molecule has 97 heavy (non-hydrogen) atoms. The van der Waals surface area contributed by atoms with E-state index in [1.54, 1.807) is 0 Å². The van der Waals surface area contributed by atoms with Gasteiger partial charge in [0.25, 0.3) is 0 Å². The number of carbonyl (C=O) groups is 1. The quantitative estimate of drug-likeness (QED) is 0.122. The van der Waals surface area contributed by atoms with Crippen LogP contribution in [0, 0.1) is 6.92 Å². The molecule has 0 atom stereocenters. The van der Waals surface area contributed by atoms with Crippen LogP contribution in [0.1, 0.15) is 108 Å². The Morgan fingerprint density at radius 3 is 0.969 bits per heavy atom. The molecule has 0 radical (unpaired) electrons. The Morgan fingerprint density at radius 2 is 0.608 bits per heavy atom. The van der Waals surface area contributed by atoms with Gasteiger partial charge in [-0.15, -0.1) is 0 Å². The molecule has 0 unspecified atom stereocenters. The van der Waals surface area contributed by atoms with Gasteiger partial charge in [0, 0.05) is 62.5 Å². The fourth-order valence-electron chi connectivity index (χ4n) is 13.8. The van der Waals surface area contributed by atoms with Crippen molar-refractivity contribution in [2.45, 2.75) is 69.3 Å². The number of unbranched alkanes of at least 4 members (excludes halogenated alkanes) is 1. The molecule has 0 saturated heterocycles. The van der Waals surface area contributed by atoms with E-state index in [1.165, 1.54) is 76.6 Å². The number of hydrogen-bond acceptors (Lipinski definition) is 2. The second kappa shape index (κ2) is 32.9. The maximum atomic E-state index is 12.3. The first-order valence-corrected chi connectivity index (χ1v) is 39.0. The Morgan fingerprint density at radius 1 is 0.330 bits per heavy atom. The number of hydrogen-bond donors (Lipinski definition) is 1. The minimum absolute atomic E-state index is 0. The third-order valence-corrected chi connectivity index (χ3v) is 23.6. The molecule has 1 spiro atoms. The summed E-state index contributed by atoms with van der Waals surface area (Å²) in [5.41, 5.74) is 23.4. The number of fused-ring (bicyclic) bond motifs is 15. The van der Waals surface area contributed by atoms with Gasteiger partial charge in [0.15, 0.2) is 5.78 Å². The summed E-state index contributed by atoms with van der Waals surface area (Å²) in [6, 6.07) is 88.9. The predicted octanol–water partition coefficient (Wildman–Crippen LogP) is 23.7. The molecular formula is C85H64Br9LiO2. The average molecular weight is 1840 g/mol. The molecule has 1 N–H and O–H groups in total. The van der Waals surface area contributed by atoms with Gasteiger partial charge in [-0.3, -0.25) is 4.79 Å². The van der Waals surface area contributed by atoms with Gasteiger partial charge < -0.3 is 12.0 Å².